The fourth-order valence-electron chi connectivity index (χ4n) is 2.41. The molecule has 3 N–H and O–H groups in total. The lowest BCUT2D eigenvalue weighted by atomic mass is 10.1. The molecular formula is C18H24N2O2. The summed E-state index contributed by atoms with van der Waals surface area (Å²) in [5.41, 5.74) is 10.1. The van der Waals surface area contributed by atoms with Gasteiger partial charge in [0.2, 0.25) is 0 Å². The summed E-state index contributed by atoms with van der Waals surface area (Å²) in [4.78, 5) is 0. The molecule has 0 heterocycles. The van der Waals surface area contributed by atoms with Gasteiger partial charge in [-0.2, -0.15) is 0 Å². The number of benzene rings is 2. The highest BCUT2D eigenvalue weighted by molar-refractivity contribution is 5.58. The molecule has 2 aromatic rings. The van der Waals surface area contributed by atoms with Gasteiger partial charge in [-0.25, -0.2) is 0 Å². The first kappa shape index (κ1) is 16.0. The van der Waals surface area contributed by atoms with Gasteiger partial charge in [0, 0.05) is 6.54 Å². The van der Waals surface area contributed by atoms with Crippen LogP contribution in [0.5, 0.6) is 11.5 Å². The molecule has 0 saturated carbocycles. The second-order valence-corrected chi connectivity index (χ2v) is 5.31. The number of hydrogen-bond donors (Lipinski definition) is 2. The van der Waals surface area contributed by atoms with Crippen molar-refractivity contribution >= 4 is 11.4 Å². The zero-order valence-electron chi connectivity index (χ0n) is 13.5. The molecule has 0 fully saturated rings. The monoisotopic (exact) mass is 300 g/mol. The molecule has 0 spiro atoms. The Kier molecular flexibility index (Phi) is 5.53. The molecule has 2 rings (SSSR count). The van der Waals surface area contributed by atoms with Gasteiger partial charge in [0.15, 0.2) is 0 Å². The van der Waals surface area contributed by atoms with Gasteiger partial charge in [-0.15, -0.1) is 0 Å². The van der Waals surface area contributed by atoms with Gasteiger partial charge in [0.1, 0.15) is 11.5 Å². The van der Waals surface area contributed by atoms with E-state index < -0.39 is 0 Å². The van der Waals surface area contributed by atoms with Crippen molar-refractivity contribution in [1.82, 2.24) is 0 Å². The lowest BCUT2D eigenvalue weighted by Crippen LogP contribution is -2.05. The molecule has 0 unspecified atom stereocenters. The molecule has 0 atom stereocenters. The van der Waals surface area contributed by atoms with Crippen LogP contribution in [0.3, 0.4) is 0 Å². The van der Waals surface area contributed by atoms with Crippen LogP contribution in [0.15, 0.2) is 36.4 Å². The van der Waals surface area contributed by atoms with Crippen molar-refractivity contribution in [3.63, 3.8) is 0 Å². The molecule has 0 bridgehead atoms. The fraction of sp³-hybridized carbons (Fsp3) is 0.333. The summed E-state index contributed by atoms with van der Waals surface area (Å²) in [5.74, 6) is 1.60. The van der Waals surface area contributed by atoms with Crippen LogP contribution in [-0.4, -0.2) is 20.8 Å². The standard InChI is InChI=1S/C18H24N2O2/c1-13-6-8-18(22-3)16(11-13)20-10-4-5-14-7-9-17(21-2)15(19)12-14/h6-9,11-12,20H,4-5,10,19H2,1-3H3. The lowest BCUT2D eigenvalue weighted by molar-refractivity contribution is 0.416. The van der Waals surface area contributed by atoms with Crippen molar-refractivity contribution in [2.45, 2.75) is 19.8 Å². The Morgan fingerprint density at radius 2 is 1.73 bits per heavy atom. The Balaban J connectivity index is 1.87. The van der Waals surface area contributed by atoms with Gasteiger partial charge in [-0.05, 0) is 55.2 Å². The van der Waals surface area contributed by atoms with Crippen molar-refractivity contribution in [1.29, 1.82) is 0 Å². The molecular weight excluding hydrogens is 276 g/mol. The van der Waals surface area contributed by atoms with Gasteiger partial charge in [-0.3, -0.25) is 0 Å². The van der Waals surface area contributed by atoms with Crippen LogP contribution in [-0.2, 0) is 6.42 Å². The summed E-state index contributed by atoms with van der Waals surface area (Å²) in [6.45, 7) is 2.95. The molecule has 4 heteroatoms. The third-order valence-electron chi connectivity index (χ3n) is 3.61. The van der Waals surface area contributed by atoms with Crippen LogP contribution in [0.2, 0.25) is 0 Å². The SMILES string of the molecule is COc1ccc(CCCNc2cc(C)ccc2OC)cc1N. The van der Waals surface area contributed by atoms with Crippen LogP contribution >= 0.6 is 0 Å². The van der Waals surface area contributed by atoms with Crippen molar-refractivity contribution in [2.75, 3.05) is 31.8 Å². The number of ether oxygens (including phenoxy) is 2. The van der Waals surface area contributed by atoms with Crippen LogP contribution in [0.4, 0.5) is 11.4 Å². The Morgan fingerprint density at radius 3 is 2.41 bits per heavy atom. The summed E-state index contributed by atoms with van der Waals surface area (Å²) in [6.07, 6.45) is 1.98. The van der Waals surface area contributed by atoms with E-state index in [1.807, 2.05) is 24.3 Å². The van der Waals surface area contributed by atoms with Crippen molar-refractivity contribution in [3.8, 4) is 11.5 Å². The third-order valence-corrected chi connectivity index (χ3v) is 3.61. The smallest absolute Gasteiger partial charge is 0.141 e. The summed E-state index contributed by atoms with van der Waals surface area (Å²) < 4.78 is 10.5. The number of hydrogen-bond acceptors (Lipinski definition) is 4. The average Bonchev–Trinajstić information content (AvgIpc) is 2.52. The highest BCUT2D eigenvalue weighted by Gasteiger charge is 2.03. The predicted molar refractivity (Wildman–Crippen MR) is 91.9 cm³/mol. The van der Waals surface area contributed by atoms with Crippen LogP contribution in [0.25, 0.3) is 0 Å². The minimum absolute atomic E-state index is 0.688. The van der Waals surface area contributed by atoms with Gasteiger partial charge in [0.05, 0.1) is 25.6 Å². The van der Waals surface area contributed by atoms with Gasteiger partial charge in [0.25, 0.3) is 0 Å². The normalized spacial score (nSPS) is 10.3. The molecule has 2 aromatic carbocycles. The topological polar surface area (TPSA) is 56.5 Å². The van der Waals surface area contributed by atoms with Gasteiger partial charge < -0.3 is 20.5 Å². The summed E-state index contributed by atoms with van der Waals surface area (Å²) >= 11 is 0. The maximum atomic E-state index is 5.92. The summed E-state index contributed by atoms with van der Waals surface area (Å²) in [7, 11) is 3.32. The maximum absolute atomic E-state index is 5.92. The Labute approximate surface area is 132 Å². The predicted octanol–water partition coefficient (Wildman–Crippen LogP) is 3.64. The number of nitrogens with one attached hydrogen (secondary N) is 1. The van der Waals surface area contributed by atoms with E-state index in [9.17, 15) is 0 Å². The van der Waals surface area contributed by atoms with E-state index in [2.05, 4.69) is 24.4 Å². The molecule has 0 aliphatic carbocycles. The van der Waals surface area contributed by atoms with E-state index >= 15 is 0 Å². The first-order chi connectivity index (χ1) is 10.6. The molecule has 118 valence electrons. The Hall–Kier alpha value is -2.36. The van der Waals surface area contributed by atoms with Crippen LogP contribution < -0.4 is 20.5 Å². The first-order valence-electron chi connectivity index (χ1n) is 7.45. The highest BCUT2D eigenvalue weighted by atomic mass is 16.5. The zero-order chi connectivity index (χ0) is 15.9. The zero-order valence-corrected chi connectivity index (χ0v) is 13.5. The molecule has 22 heavy (non-hydrogen) atoms. The third kappa shape index (κ3) is 4.07. The molecule has 0 radical (unpaired) electrons. The summed E-state index contributed by atoms with van der Waals surface area (Å²) in [5, 5.41) is 3.43. The number of rotatable bonds is 7. The molecule has 4 nitrogen and oxygen atoms in total. The second kappa shape index (κ2) is 7.59. The highest BCUT2D eigenvalue weighted by Crippen LogP contribution is 2.25. The van der Waals surface area contributed by atoms with Crippen molar-refractivity contribution in [3.05, 3.63) is 47.5 Å². The van der Waals surface area contributed by atoms with E-state index in [0.717, 1.165) is 36.6 Å². The van der Waals surface area contributed by atoms with E-state index in [4.69, 9.17) is 15.2 Å². The van der Waals surface area contributed by atoms with E-state index in [0.29, 0.717) is 5.69 Å². The Morgan fingerprint density at radius 1 is 1.00 bits per heavy atom. The molecule has 0 aliphatic heterocycles. The van der Waals surface area contributed by atoms with E-state index in [1.165, 1.54) is 11.1 Å². The maximum Gasteiger partial charge on any atom is 0.141 e. The van der Waals surface area contributed by atoms with E-state index in [-0.39, 0.29) is 0 Å². The average molecular weight is 300 g/mol. The second-order valence-electron chi connectivity index (χ2n) is 5.31. The minimum atomic E-state index is 0.688. The van der Waals surface area contributed by atoms with Crippen molar-refractivity contribution in [2.24, 2.45) is 0 Å². The molecule has 0 aromatic heterocycles. The Bertz CT molecular complexity index is 626. The van der Waals surface area contributed by atoms with Crippen molar-refractivity contribution < 1.29 is 9.47 Å². The molecule has 0 amide bonds. The van der Waals surface area contributed by atoms with Gasteiger partial charge >= 0.3 is 0 Å². The van der Waals surface area contributed by atoms with Gasteiger partial charge in [-0.1, -0.05) is 12.1 Å². The first-order valence-corrected chi connectivity index (χ1v) is 7.45. The lowest BCUT2D eigenvalue weighted by Gasteiger charge is -2.12. The number of methoxy groups -OCH3 is 2. The number of nitrogens with two attached hydrogens (primary N) is 1. The number of anilines is 2. The molecule has 0 saturated heterocycles. The summed E-state index contributed by atoms with van der Waals surface area (Å²) in [6, 6.07) is 12.1. The number of nitrogen functional groups attached to an aromatic ring is 1. The molecule has 0 aliphatic rings. The van der Waals surface area contributed by atoms with Crippen LogP contribution in [0, 0.1) is 6.92 Å². The minimum Gasteiger partial charge on any atom is -0.495 e. The largest absolute Gasteiger partial charge is 0.495 e. The van der Waals surface area contributed by atoms with E-state index in [1.54, 1.807) is 14.2 Å². The fourth-order valence-corrected chi connectivity index (χ4v) is 2.41. The number of aryl methyl sites for hydroxylation is 2. The quantitative estimate of drug-likeness (QED) is 0.605. The van der Waals surface area contributed by atoms with Crippen LogP contribution in [0.1, 0.15) is 17.5 Å².